The van der Waals surface area contributed by atoms with Crippen molar-refractivity contribution < 1.29 is 9.59 Å². The van der Waals surface area contributed by atoms with Gasteiger partial charge in [0.05, 0.1) is 5.69 Å². The Morgan fingerprint density at radius 3 is 2.85 bits per heavy atom. The van der Waals surface area contributed by atoms with Crippen molar-refractivity contribution in [3.8, 4) is 0 Å². The zero-order valence-electron chi connectivity index (χ0n) is 11.9. The Balaban J connectivity index is 1.98. The molecule has 0 aliphatic carbocycles. The molecule has 1 atom stereocenters. The molecule has 20 heavy (non-hydrogen) atoms. The zero-order chi connectivity index (χ0) is 14.4. The Hall–Kier alpha value is -1.68. The molecule has 1 fully saturated rings. The molecule has 2 N–H and O–H groups in total. The Kier molecular flexibility index (Phi) is 5.30. The molecule has 0 bridgehead atoms. The summed E-state index contributed by atoms with van der Waals surface area (Å²) in [4.78, 5) is 23.9. The van der Waals surface area contributed by atoms with E-state index < -0.39 is 0 Å². The number of amides is 1. The van der Waals surface area contributed by atoms with Crippen molar-refractivity contribution in [3.05, 3.63) is 29.8 Å². The van der Waals surface area contributed by atoms with Crippen molar-refractivity contribution in [2.45, 2.75) is 32.6 Å². The molecule has 1 aliphatic rings. The number of nitrogens with one attached hydrogen (secondary N) is 2. The first-order valence-corrected chi connectivity index (χ1v) is 7.33. The van der Waals surface area contributed by atoms with E-state index in [0.29, 0.717) is 30.0 Å². The Morgan fingerprint density at radius 2 is 2.15 bits per heavy atom. The third-order valence-corrected chi connectivity index (χ3v) is 3.70. The van der Waals surface area contributed by atoms with E-state index >= 15 is 0 Å². The first-order chi connectivity index (χ1) is 9.70. The van der Waals surface area contributed by atoms with E-state index in [1.807, 2.05) is 19.1 Å². The van der Waals surface area contributed by atoms with Crippen LogP contribution in [0.4, 0.5) is 5.69 Å². The smallest absolute Gasteiger partial charge is 0.224 e. The predicted molar refractivity (Wildman–Crippen MR) is 79.9 cm³/mol. The standard InChI is InChI=1S/C16H22N2O2/c1-2-15(19)13-7-3-4-8-14(13)18-16(20)10-12-6-5-9-17-11-12/h3-4,7-8,12,17H,2,5-6,9-11H2,1H3,(H,18,20). The second-order valence-electron chi connectivity index (χ2n) is 5.29. The molecule has 1 aromatic rings. The van der Waals surface area contributed by atoms with Gasteiger partial charge in [-0.3, -0.25) is 9.59 Å². The van der Waals surface area contributed by atoms with E-state index in [4.69, 9.17) is 0 Å². The SMILES string of the molecule is CCC(=O)c1ccccc1NC(=O)CC1CCCNC1. The normalized spacial score (nSPS) is 18.6. The molecule has 0 spiro atoms. The van der Waals surface area contributed by atoms with Gasteiger partial charge in [0.1, 0.15) is 0 Å². The van der Waals surface area contributed by atoms with Crippen LogP contribution in [0.3, 0.4) is 0 Å². The number of hydrogen-bond acceptors (Lipinski definition) is 3. The number of piperidine rings is 1. The van der Waals surface area contributed by atoms with E-state index in [-0.39, 0.29) is 11.7 Å². The lowest BCUT2D eigenvalue weighted by Gasteiger charge is -2.22. The Bertz CT molecular complexity index is 479. The molecule has 2 rings (SSSR count). The van der Waals surface area contributed by atoms with Crippen LogP contribution in [-0.2, 0) is 4.79 Å². The van der Waals surface area contributed by atoms with E-state index in [1.54, 1.807) is 12.1 Å². The molecule has 0 aromatic heterocycles. The molecule has 1 unspecified atom stereocenters. The van der Waals surface area contributed by atoms with Gasteiger partial charge in [0.15, 0.2) is 5.78 Å². The predicted octanol–water partition coefficient (Wildman–Crippen LogP) is 2.61. The molecule has 4 heteroatoms. The van der Waals surface area contributed by atoms with Crippen LogP contribution in [0.5, 0.6) is 0 Å². The van der Waals surface area contributed by atoms with E-state index in [0.717, 1.165) is 25.9 Å². The van der Waals surface area contributed by atoms with Crippen molar-refractivity contribution in [1.29, 1.82) is 0 Å². The Morgan fingerprint density at radius 1 is 1.35 bits per heavy atom. The first-order valence-electron chi connectivity index (χ1n) is 7.33. The summed E-state index contributed by atoms with van der Waals surface area (Å²) in [5.41, 5.74) is 1.23. The highest BCUT2D eigenvalue weighted by Crippen LogP contribution is 2.19. The largest absolute Gasteiger partial charge is 0.325 e. The quantitative estimate of drug-likeness (QED) is 0.811. The molecule has 1 amide bonds. The van der Waals surface area contributed by atoms with Crippen molar-refractivity contribution >= 4 is 17.4 Å². The first kappa shape index (κ1) is 14.7. The lowest BCUT2D eigenvalue weighted by Crippen LogP contribution is -2.32. The second kappa shape index (κ2) is 7.20. The van der Waals surface area contributed by atoms with Gasteiger partial charge in [-0.2, -0.15) is 0 Å². The molecular formula is C16H22N2O2. The highest BCUT2D eigenvalue weighted by molar-refractivity contribution is 6.04. The minimum atomic E-state index is -0.00458. The lowest BCUT2D eigenvalue weighted by molar-refractivity contribution is -0.117. The van der Waals surface area contributed by atoms with Crippen molar-refractivity contribution in [2.24, 2.45) is 5.92 Å². The summed E-state index contributed by atoms with van der Waals surface area (Å²) in [5.74, 6) is 0.452. The number of para-hydroxylation sites is 1. The number of Topliss-reactive ketones (excluding diaryl/α,β-unsaturated/α-hetero) is 1. The van der Waals surface area contributed by atoms with Crippen molar-refractivity contribution in [2.75, 3.05) is 18.4 Å². The number of anilines is 1. The molecule has 0 radical (unpaired) electrons. The molecule has 4 nitrogen and oxygen atoms in total. The fourth-order valence-electron chi connectivity index (χ4n) is 2.59. The van der Waals surface area contributed by atoms with Gasteiger partial charge >= 0.3 is 0 Å². The summed E-state index contributed by atoms with van der Waals surface area (Å²) in [7, 11) is 0. The van der Waals surface area contributed by atoms with E-state index in [1.165, 1.54) is 0 Å². The van der Waals surface area contributed by atoms with Crippen LogP contribution in [0.2, 0.25) is 0 Å². The zero-order valence-corrected chi connectivity index (χ0v) is 11.9. The van der Waals surface area contributed by atoms with Gasteiger partial charge in [0, 0.05) is 18.4 Å². The lowest BCUT2D eigenvalue weighted by atomic mass is 9.96. The van der Waals surface area contributed by atoms with E-state index in [9.17, 15) is 9.59 Å². The number of carbonyl (C=O) groups excluding carboxylic acids is 2. The average molecular weight is 274 g/mol. The summed E-state index contributed by atoms with van der Waals surface area (Å²) in [5, 5.41) is 6.19. The van der Waals surface area contributed by atoms with E-state index in [2.05, 4.69) is 10.6 Å². The summed E-state index contributed by atoms with van der Waals surface area (Å²) < 4.78 is 0. The van der Waals surface area contributed by atoms with Crippen LogP contribution in [0.1, 0.15) is 43.0 Å². The maximum atomic E-state index is 12.1. The van der Waals surface area contributed by atoms with Gasteiger partial charge < -0.3 is 10.6 Å². The minimum Gasteiger partial charge on any atom is -0.325 e. The van der Waals surface area contributed by atoms with Crippen LogP contribution < -0.4 is 10.6 Å². The van der Waals surface area contributed by atoms with Gasteiger partial charge in [0.2, 0.25) is 5.91 Å². The fraction of sp³-hybridized carbons (Fsp3) is 0.500. The average Bonchev–Trinajstić information content (AvgIpc) is 2.48. The number of hydrogen-bond donors (Lipinski definition) is 2. The molecule has 1 saturated heterocycles. The maximum Gasteiger partial charge on any atom is 0.224 e. The van der Waals surface area contributed by atoms with Gasteiger partial charge in [-0.1, -0.05) is 19.1 Å². The minimum absolute atomic E-state index is 0.00458. The monoisotopic (exact) mass is 274 g/mol. The van der Waals surface area contributed by atoms with Gasteiger partial charge in [-0.15, -0.1) is 0 Å². The number of benzene rings is 1. The highest BCUT2D eigenvalue weighted by Gasteiger charge is 2.18. The maximum absolute atomic E-state index is 12.1. The van der Waals surface area contributed by atoms with Crippen LogP contribution in [-0.4, -0.2) is 24.8 Å². The van der Waals surface area contributed by atoms with Crippen molar-refractivity contribution in [3.63, 3.8) is 0 Å². The number of rotatable bonds is 5. The van der Waals surface area contributed by atoms with Crippen LogP contribution in [0.25, 0.3) is 0 Å². The van der Waals surface area contributed by atoms with Crippen LogP contribution in [0, 0.1) is 5.92 Å². The molecule has 1 aromatic carbocycles. The van der Waals surface area contributed by atoms with Crippen molar-refractivity contribution in [1.82, 2.24) is 5.32 Å². The third kappa shape index (κ3) is 3.90. The summed E-state index contributed by atoms with van der Waals surface area (Å²) in [6.07, 6.45) is 3.18. The molecule has 108 valence electrons. The second-order valence-corrected chi connectivity index (χ2v) is 5.29. The number of carbonyl (C=O) groups is 2. The summed E-state index contributed by atoms with van der Waals surface area (Å²) >= 11 is 0. The summed E-state index contributed by atoms with van der Waals surface area (Å²) in [6, 6.07) is 7.22. The topological polar surface area (TPSA) is 58.2 Å². The van der Waals surface area contributed by atoms with Gasteiger partial charge in [-0.25, -0.2) is 0 Å². The van der Waals surface area contributed by atoms with Gasteiger partial charge in [0.25, 0.3) is 0 Å². The molecule has 0 saturated carbocycles. The Labute approximate surface area is 119 Å². The fourth-order valence-corrected chi connectivity index (χ4v) is 2.59. The molecule has 1 heterocycles. The number of ketones is 1. The molecular weight excluding hydrogens is 252 g/mol. The summed E-state index contributed by atoms with van der Waals surface area (Å²) in [6.45, 7) is 3.78. The van der Waals surface area contributed by atoms with Gasteiger partial charge in [-0.05, 0) is 44.0 Å². The van der Waals surface area contributed by atoms with Crippen LogP contribution in [0.15, 0.2) is 24.3 Å². The third-order valence-electron chi connectivity index (χ3n) is 3.70. The molecule has 1 aliphatic heterocycles. The van der Waals surface area contributed by atoms with Crippen LogP contribution >= 0.6 is 0 Å². The highest BCUT2D eigenvalue weighted by atomic mass is 16.1.